The lowest BCUT2D eigenvalue weighted by Crippen LogP contribution is -2.00. The number of benzene rings is 2. The molecule has 0 fully saturated rings. The SMILES string of the molecule is N#Cc1cc(F)cc(-n2nnc(-c3ccc(-c4ccccc4)cn3)n2)c1. The Morgan fingerprint density at radius 3 is 2.54 bits per heavy atom. The second-order valence-corrected chi connectivity index (χ2v) is 5.51. The number of nitrogens with zero attached hydrogens (tertiary/aromatic N) is 6. The van der Waals surface area contributed by atoms with Crippen LogP contribution in [-0.2, 0) is 0 Å². The zero-order chi connectivity index (χ0) is 17.9. The van der Waals surface area contributed by atoms with Crippen LogP contribution in [0.3, 0.4) is 0 Å². The average molecular weight is 342 g/mol. The summed E-state index contributed by atoms with van der Waals surface area (Å²) in [5.74, 6) is -0.226. The van der Waals surface area contributed by atoms with Crippen molar-refractivity contribution >= 4 is 0 Å². The molecule has 0 radical (unpaired) electrons. The van der Waals surface area contributed by atoms with E-state index in [0.717, 1.165) is 17.2 Å². The molecular formula is C19H11FN6. The number of tetrazole rings is 1. The summed E-state index contributed by atoms with van der Waals surface area (Å²) in [5.41, 5.74) is 3.09. The van der Waals surface area contributed by atoms with Crippen molar-refractivity contribution in [1.29, 1.82) is 5.26 Å². The molecule has 124 valence electrons. The van der Waals surface area contributed by atoms with Gasteiger partial charge >= 0.3 is 0 Å². The Bertz CT molecular complexity index is 1100. The van der Waals surface area contributed by atoms with Crippen LogP contribution in [0.1, 0.15) is 5.56 Å². The number of pyridine rings is 1. The second kappa shape index (κ2) is 6.53. The van der Waals surface area contributed by atoms with E-state index in [1.54, 1.807) is 12.3 Å². The summed E-state index contributed by atoms with van der Waals surface area (Å²) >= 11 is 0. The molecule has 26 heavy (non-hydrogen) atoms. The Labute approximate surface area is 148 Å². The van der Waals surface area contributed by atoms with Crippen molar-refractivity contribution in [2.75, 3.05) is 0 Å². The van der Waals surface area contributed by atoms with Crippen LogP contribution in [0.2, 0.25) is 0 Å². The van der Waals surface area contributed by atoms with E-state index in [1.165, 1.54) is 16.9 Å². The number of hydrogen-bond acceptors (Lipinski definition) is 5. The van der Waals surface area contributed by atoms with Gasteiger partial charge in [0.25, 0.3) is 0 Å². The first-order valence-electron chi connectivity index (χ1n) is 7.76. The highest BCUT2D eigenvalue weighted by atomic mass is 19.1. The summed E-state index contributed by atoms with van der Waals surface area (Å²) in [7, 11) is 0. The highest BCUT2D eigenvalue weighted by molar-refractivity contribution is 5.64. The van der Waals surface area contributed by atoms with Crippen LogP contribution in [-0.4, -0.2) is 25.2 Å². The zero-order valence-electron chi connectivity index (χ0n) is 13.4. The van der Waals surface area contributed by atoms with Gasteiger partial charge in [0.2, 0.25) is 5.82 Å². The van der Waals surface area contributed by atoms with Gasteiger partial charge in [-0.15, -0.1) is 15.0 Å². The van der Waals surface area contributed by atoms with Crippen LogP contribution in [0.4, 0.5) is 4.39 Å². The summed E-state index contributed by atoms with van der Waals surface area (Å²) in [4.78, 5) is 5.55. The summed E-state index contributed by atoms with van der Waals surface area (Å²) < 4.78 is 13.6. The summed E-state index contributed by atoms with van der Waals surface area (Å²) in [6.45, 7) is 0. The predicted molar refractivity (Wildman–Crippen MR) is 92.5 cm³/mol. The maximum Gasteiger partial charge on any atom is 0.223 e. The molecular weight excluding hydrogens is 331 g/mol. The molecule has 0 saturated carbocycles. The molecule has 2 aromatic heterocycles. The highest BCUT2D eigenvalue weighted by Crippen LogP contribution is 2.20. The van der Waals surface area contributed by atoms with Gasteiger partial charge in [-0.05, 0) is 29.0 Å². The van der Waals surface area contributed by atoms with Crippen molar-refractivity contribution in [1.82, 2.24) is 25.2 Å². The van der Waals surface area contributed by atoms with E-state index in [4.69, 9.17) is 5.26 Å². The molecule has 2 heterocycles. The van der Waals surface area contributed by atoms with Crippen molar-refractivity contribution in [3.05, 3.63) is 78.2 Å². The van der Waals surface area contributed by atoms with Gasteiger partial charge in [-0.2, -0.15) is 5.26 Å². The number of hydrogen-bond donors (Lipinski definition) is 0. The lowest BCUT2D eigenvalue weighted by atomic mass is 10.1. The fraction of sp³-hybridized carbons (Fsp3) is 0. The zero-order valence-corrected chi connectivity index (χ0v) is 13.4. The van der Waals surface area contributed by atoms with E-state index in [9.17, 15) is 4.39 Å². The second-order valence-electron chi connectivity index (χ2n) is 5.51. The lowest BCUT2D eigenvalue weighted by molar-refractivity contribution is 0.620. The predicted octanol–water partition coefficient (Wildman–Crippen LogP) is 3.40. The Balaban J connectivity index is 1.64. The van der Waals surface area contributed by atoms with Crippen LogP contribution < -0.4 is 0 Å². The van der Waals surface area contributed by atoms with Crippen LogP contribution in [0.15, 0.2) is 66.9 Å². The van der Waals surface area contributed by atoms with Gasteiger partial charge in [-0.3, -0.25) is 4.98 Å². The Morgan fingerprint density at radius 2 is 1.81 bits per heavy atom. The maximum atomic E-state index is 13.6. The fourth-order valence-electron chi connectivity index (χ4n) is 2.51. The molecule has 2 aromatic carbocycles. The minimum atomic E-state index is -0.539. The molecule has 0 aliphatic carbocycles. The van der Waals surface area contributed by atoms with Gasteiger partial charge in [0.05, 0.1) is 17.3 Å². The van der Waals surface area contributed by atoms with Gasteiger partial charge < -0.3 is 0 Å². The van der Waals surface area contributed by atoms with E-state index in [0.29, 0.717) is 17.2 Å². The molecule has 0 unspecified atom stereocenters. The van der Waals surface area contributed by atoms with E-state index in [-0.39, 0.29) is 5.56 Å². The van der Waals surface area contributed by atoms with E-state index < -0.39 is 5.82 Å². The molecule has 0 saturated heterocycles. The molecule has 6 nitrogen and oxygen atoms in total. The first kappa shape index (κ1) is 15.6. The molecule has 0 amide bonds. The third-order valence-corrected chi connectivity index (χ3v) is 3.76. The minimum Gasteiger partial charge on any atom is -0.252 e. The molecule has 0 atom stereocenters. The molecule has 4 aromatic rings. The molecule has 0 aliphatic rings. The van der Waals surface area contributed by atoms with Gasteiger partial charge in [0, 0.05) is 17.8 Å². The first-order valence-corrected chi connectivity index (χ1v) is 7.76. The van der Waals surface area contributed by atoms with Gasteiger partial charge in [-0.25, -0.2) is 4.39 Å². The topological polar surface area (TPSA) is 80.3 Å². The molecule has 7 heteroatoms. The minimum absolute atomic E-state index is 0.184. The number of aromatic nitrogens is 5. The standard InChI is InChI=1S/C19H11FN6/c20-16-8-13(11-21)9-17(10-16)26-24-19(23-25-26)18-7-6-15(12-22-18)14-4-2-1-3-5-14/h1-10,12H. The Morgan fingerprint density at radius 1 is 0.962 bits per heavy atom. The van der Waals surface area contributed by atoms with Gasteiger partial charge in [-0.1, -0.05) is 36.4 Å². The van der Waals surface area contributed by atoms with Crippen LogP contribution in [0.5, 0.6) is 0 Å². The summed E-state index contributed by atoms with van der Waals surface area (Å²) in [6, 6.07) is 19.4. The third-order valence-electron chi connectivity index (χ3n) is 3.76. The Hall–Kier alpha value is -3.92. The van der Waals surface area contributed by atoms with E-state index >= 15 is 0 Å². The lowest BCUT2D eigenvalue weighted by Gasteiger charge is -2.01. The number of halogens is 1. The van der Waals surface area contributed by atoms with E-state index in [2.05, 4.69) is 20.4 Å². The van der Waals surface area contributed by atoms with Gasteiger partial charge in [0.15, 0.2) is 0 Å². The first-order chi connectivity index (χ1) is 12.7. The monoisotopic (exact) mass is 342 g/mol. The molecule has 0 N–H and O–H groups in total. The quantitative estimate of drug-likeness (QED) is 0.570. The Kier molecular flexibility index (Phi) is 3.92. The largest absolute Gasteiger partial charge is 0.252 e. The van der Waals surface area contributed by atoms with Crippen LogP contribution >= 0.6 is 0 Å². The maximum absolute atomic E-state index is 13.6. The molecule has 4 rings (SSSR count). The third kappa shape index (κ3) is 3.03. The average Bonchev–Trinajstić information content (AvgIpc) is 3.18. The summed E-state index contributed by atoms with van der Waals surface area (Å²) in [5, 5.41) is 21.1. The fourth-order valence-corrected chi connectivity index (χ4v) is 2.51. The number of nitriles is 1. The van der Waals surface area contributed by atoms with Crippen molar-refractivity contribution in [3.63, 3.8) is 0 Å². The normalized spacial score (nSPS) is 10.5. The summed E-state index contributed by atoms with van der Waals surface area (Å²) in [6.07, 6.45) is 1.74. The van der Waals surface area contributed by atoms with Crippen LogP contribution in [0.25, 0.3) is 28.3 Å². The molecule has 0 bridgehead atoms. The van der Waals surface area contributed by atoms with Crippen molar-refractivity contribution < 1.29 is 4.39 Å². The van der Waals surface area contributed by atoms with Crippen LogP contribution in [0, 0.1) is 17.1 Å². The van der Waals surface area contributed by atoms with Crippen molar-refractivity contribution in [3.8, 4) is 34.4 Å². The molecule has 0 spiro atoms. The van der Waals surface area contributed by atoms with Crippen molar-refractivity contribution in [2.45, 2.75) is 0 Å². The van der Waals surface area contributed by atoms with E-state index in [1.807, 2.05) is 42.5 Å². The smallest absolute Gasteiger partial charge is 0.223 e. The number of rotatable bonds is 3. The highest BCUT2D eigenvalue weighted by Gasteiger charge is 2.11. The van der Waals surface area contributed by atoms with Crippen molar-refractivity contribution in [2.24, 2.45) is 0 Å². The molecule has 0 aliphatic heterocycles. The van der Waals surface area contributed by atoms with Gasteiger partial charge in [0.1, 0.15) is 11.5 Å².